The van der Waals surface area contributed by atoms with Gasteiger partial charge in [-0.05, 0) is 83.7 Å². The van der Waals surface area contributed by atoms with Crippen LogP contribution >= 0.6 is 11.5 Å². The van der Waals surface area contributed by atoms with Crippen LogP contribution in [0, 0.1) is 10.8 Å². The number of aryl methyl sites for hydroxylation is 1. The molecule has 0 unspecified atom stereocenters. The van der Waals surface area contributed by atoms with Crippen LogP contribution in [0.25, 0.3) is 0 Å². The third-order valence-electron chi connectivity index (χ3n) is 6.71. The number of unbranched alkanes of at least 4 members (excludes halogenated alkanes) is 1. The first kappa shape index (κ1) is 21.3. The van der Waals surface area contributed by atoms with E-state index in [1.54, 1.807) is 11.5 Å². The van der Waals surface area contributed by atoms with E-state index in [2.05, 4.69) is 42.8 Å². The molecular weight excluding hydrogens is 372 g/mol. The first-order valence-electron chi connectivity index (χ1n) is 10.6. The van der Waals surface area contributed by atoms with Gasteiger partial charge in [-0.15, -0.1) is 0 Å². The summed E-state index contributed by atoms with van der Waals surface area (Å²) in [6, 6.07) is 0. The lowest BCUT2D eigenvalue weighted by molar-refractivity contribution is -0.165. The summed E-state index contributed by atoms with van der Waals surface area (Å²) < 4.78 is 8.12. The Morgan fingerprint density at radius 1 is 1.14 bits per heavy atom. The molecule has 1 aromatic rings. The second-order valence-corrected chi connectivity index (χ2v) is 10.6. The van der Waals surface area contributed by atoms with Crippen molar-refractivity contribution < 1.29 is 14.3 Å². The number of rotatable bonds is 5. The zero-order valence-electron chi connectivity index (χ0n) is 18.0. The van der Waals surface area contributed by atoms with Crippen molar-refractivity contribution in [3.8, 4) is 0 Å². The highest BCUT2D eigenvalue weighted by Crippen LogP contribution is 2.57. The number of aromatic nitrogens is 1. The van der Waals surface area contributed by atoms with Crippen LogP contribution in [0.5, 0.6) is 0 Å². The summed E-state index contributed by atoms with van der Waals surface area (Å²) in [6.45, 7) is 8.70. The van der Waals surface area contributed by atoms with E-state index in [0.29, 0.717) is 0 Å². The molecule has 0 atom stereocenters. The maximum absolute atomic E-state index is 13.3. The molecule has 3 aliphatic carbocycles. The number of carbonyl (C=O) groups is 2. The fourth-order valence-corrected chi connectivity index (χ4v) is 5.61. The number of amides is 1. The predicted octanol–water partition coefficient (Wildman–Crippen LogP) is 4.59. The molecule has 0 saturated heterocycles. The van der Waals surface area contributed by atoms with E-state index < -0.39 is 0 Å². The number of carbonyl (C=O) groups excluding carboxylic acids is 2. The van der Waals surface area contributed by atoms with Gasteiger partial charge in [0.1, 0.15) is 4.67 Å². The number of ether oxygens (including phenoxy) is 1. The summed E-state index contributed by atoms with van der Waals surface area (Å²) in [5.74, 6) is -0.0807. The number of nitrogens with zero attached hydrogens (tertiary/aromatic N) is 2. The second-order valence-electron chi connectivity index (χ2n) is 9.62. The first-order valence-corrected chi connectivity index (χ1v) is 11.3. The average Bonchev–Trinajstić information content (AvgIpc) is 3.10. The van der Waals surface area contributed by atoms with Gasteiger partial charge in [0.2, 0.25) is 0 Å². The summed E-state index contributed by atoms with van der Waals surface area (Å²) in [4.78, 5) is 30.2. The van der Waals surface area contributed by atoms with Gasteiger partial charge in [0.05, 0.1) is 17.9 Å². The van der Waals surface area contributed by atoms with E-state index in [0.717, 1.165) is 62.5 Å². The van der Waals surface area contributed by atoms with Crippen molar-refractivity contribution in [1.29, 1.82) is 0 Å². The van der Waals surface area contributed by atoms with Crippen LogP contribution in [0.2, 0.25) is 0 Å². The molecule has 1 aromatic heterocycles. The molecule has 3 fully saturated rings. The van der Waals surface area contributed by atoms with Crippen LogP contribution in [0.1, 0.15) is 84.6 Å². The standard InChI is InChI=1S/C22H34N2O3S/c1-6-7-8-16-15-24(20(2,3)4)28-17(16)23-18(25)21-9-12-22(13-10-21,14-11-21)19(26)27-5/h15H,6-14H2,1-5H3/b23-17-. The Balaban J connectivity index is 1.87. The van der Waals surface area contributed by atoms with Gasteiger partial charge in [0.15, 0.2) is 0 Å². The second kappa shape index (κ2) is 7.77. The van der Waals surface area contributed by atoms with E-state index in [4.69, 9.17) is 4.74 Å². The van der Waals surface area contributed by atoms with Gasteiger partial charge in [-0.3, -0.25) is 13.5 Å². The number of hydrogen-bond acceptors (Lipinski definition) is 4. The molecule has 5 nitrogen and oxygen atoms in total. The molecule has 3 aliphatic rings. The molecule has 1 amide bonds. The molecule has 3 saturated carbocycles. The number of esters is 1. The Hall–Kier alpha value is -1.43. The molecule has 4 rings (SSSR count). The molecular formula is C22H34N2O3S. The van der Waals surface area contributed by atoms with Crippen LogP contribution < -0.4 is 4.67 Å². The summed E-state index contributed by atoms with van der Waals surface area (Å²) in [7, 11) is 1.47. The van der Waals surface area contributed by atoms with Crippen molar-refractivity contribution in [2.24, 2.45) is 15.8 Å². The van der Waals surface area contributed by atoms with Gasteiger partial charge >= 0.3 is 5.97 Å². The lowest BCUT2D eigenvalue weighted by Crippen LogP contribution is -2.49. The molecule has 2 bridgehead atoms. The third kappa shape index (κ3) is 3.85. The molecule has 156 valence electrons. The number of hydrogen-bond donors (Lipinski definition) is 0. The van der Waals surface area contributed by atoms with Crippen molar-refractivity contribution >= 4 is 23.4 Å². The SMILES string of the molecule is CCCCc1cn(C(C)(C)C)s/c1=N\C(=O)C12CCC(C(=O)OC)(CC1)CC2. The zero-order chi connectivity index (χ0) is 20.6. The smallest absolute Gasteiger partial charge is 0.311 e. The predicted molar refractivity (Wildman–Crippen MR) is 111 cm³/mol. The highest BCUT2D eigenvalue weighted by Gasteiger charge is 2.56. The fourth-order valence-electron chi connectivity index (χ4n) is 4.58. The van der Waals surface area contributed by atoms with Crippen LogP contribution in [0.4, 0.5) is 0 Å². The zero-order valence-corrected chi connectivity index (χ0v) is 18.8. The lowest BCUT2D eigenvalue weighted by atomic mass is 9.53. The Morgan fingerprint density at radius 3 is 2.21 bits per heavy atom. The molecule has 0 aromatic carbocycles. The molecule has 28 heavy (non-hydrogen) atoms. The maximum Gasteiger partial charge on any atom is 0.311 e. The van der Waals surface area contributed by atoms with Gasteiger partial charge in [-0.1, -0.05) is 13.3 Å². The van der Waals surface area contributed by atoms with Crippen molar-refractivity contribution in [3.05, 3.63) is 16.4 Å². The molecule has 0 N–H and O–H groups in total. The summed E-state index contributed by atoms with van der Waals surface area (Å²) in [5, 5.41) is 0. The lowest BCUT2D eigenvalue weighted by Gasteiger charge is -2.49. The molecule has 0 spiro atoms. The van der Waals surface area contributed by atoms with Crippen LogP contribution in [0.15, 0.2) is 11.2 Å². The Bertz CT molecular complexity index is 788. The van der Waals surface area contributed by atoms with Gasteiger partial charge in [0.25, 0.3) is 5.91 Å². The Morgan fingerprint density at radius 2 is 1.71 bits per heavy atom. The van der Waals surface area contributed by atoms with Crippen LogP contribution in [-0.2, 0) is 26.3 Å². The molecule has 6 heteroatoms. The fraction of sp³-hybridized carbons (Fsp3) is 0.773. The molecule has 1 heterocycles. The van der Waals surface area contributed by atoms with E-state index in [1.807, 2.05) is 0 Å². The minimum Gasteiger partial charge on any atom is -0.469 e. The topological polar surface area (TPSA) is 60.7 Å². The van der Waals surface area contributed by atoms with Gasteiger partial charge in [-0.2, -0.15) is 0 Å². The van der Waals surface area contributed by atoms with E-state index in [9.17, 15) is 9.59 Å². The van der Waals surface area contributed by atoms with Crippen molar-refractivity contribution in [2.45, 2.75) is 91.0 Å². The minimum atomic E-state index is -0.381. The molecule has 0 aliphatic heterocycles. The van der Waals surface area contributed by atoms with E-state index in [1.165, 1.54) is 12.7 Å². The van der Waals surface area contributed by atoms with Crippen molar-refractivity contribution in [1.82, 2.24) is 3.96 Å². The third-order valence-corrected chi connectivity index (χ3v) is 8.09. The summed E-state index contributed by atoms with van der Waals surface area (Å²) >= 11 is 1.59. The van der Waals surface area contributed by atoms with Crippen molar-refractivity contribution in [3.63, 3.8) is 0 Å². The van der Waals surface area contributed by atoms with Crippen LogP contribution in [0.3, 0.4) is 0 Å². The summed E-state index contributed by atoms with van der Waals surface area (Å²) in [6.07, 6.45) is 9.84. The van der Waals surface area contributed by atoms with Crippen molar-refractivity contribution in [2.75, 3.05) is 7.11 Å². The van der Waals surface area contributed by atoms with E-state index >= 15 is 0 Å². The monoisotopic (exact) mass is 406 g/mol. The number of fused-ring (bicyclic) bond motifs is 3. The highest BCUT2D eigenvalue weighted by molar-refractivity contribution is 7.04. The number of methoxy groups -OCH3 is 1. The molecule has 0 radical (unpaired) electrons. The van der Waals surface area contributed by atoms with Gasteiger partial charge in [0, 0.05) is 17.3 Å². The largest absolute Gasteiger partial charge is 0.469 e. The Kier molecular flexibility index (Phi) is 5.91. The first-order chi connectivity index (χ1) is 13.2. The normalized spacial score (nSPS) is 27.8. The van der Waals surface area contributed by atoms with Gasteiger partial charge < -0.3 is 4.74 Å². The highest BCUT2D eigenvalue weighted by atomic mass is 32.1. The van der Waals surface area contributed by atoms with Crippen LogP contribution in [-0.4, -0.2) is 22.9 Å². The van der Waals surface area contributed by atoms with Gasteiger partial charge in [-0.25, -0.2) is 4.99 Å². The minimum absolute atomic E-state index is 0.0173. The summed E-state index contributed by atoms with van der Waals surface area (Å²) in [5.41, 5.74) is 0.425. The maximum atomic E-state index is 13.3. The quantitative estimate of drug-likeness (QED) is 0.672. The Labute approximate surface area is 172 Å². The average molecular weight is 407 g/mol. The van der Waals surface area contributed by atoms with E-state index in [-0.39, 0.29) is 28.2 Å².